The molecule has 0 saturated carbocycles. The maximum Gasteiger partial charge on any atom is 0.242 e. The molecule has 0 bridgehead atoms. The number of hydrogen-bond acceptors (Lipinski definition) is 3. The minimum absolute atomic E-state index is 0.0396. The number of carbonyl (C=O) groups excluding carboxylic acids is 1. The molecule has 2 rings (SSSR count). The molecule has 0 radical (unpaired) electrons. The minimum atomic E-state index is -0.0919. The average Bonchev–Trinajstić information content (AvgIpc) is 2.70. The summed E-state index contributed by atoms with van der Waals surface area (Å²) >= 11 is 5.71. The van der Waals surface area contributed by atoms with Crippen LogP contribution >= 0.6 is 11.6 Å². The van der Waals surface area contributed by atoms with E-state index in [4.69, 9.17) is 11.6 Å². The number of anilines is 1. The van der Waals surface area contributed by atoms with Crippen LogP contribution in [-0.4, -0.2) is 23.5 Å². The highest BCUT2D eigenvalue weighted by molar-refractivity contribution is 6.29. The zero-order valence-electron chi connectivity index (χ0n) is 8.16. The lowest BCUT2D eigenvalue weighted by atomic mass is 10.2. The summed E-state index contributed by atoms with van der Waals surface area (Å²) < 4.78 is 0. The predicted octanol–water partition coefficient (Wildman–Crippen LogP) is 1.43. The Morgan fingerprint density at radius 3 is 3.13 bits per heavy atom. The van der Waals surface area contributed by atoms with Gasteiger partial charge in [0.2, 0.25) is 5.91 Å². The van der Waals surface area contributed by atoms with Crippen LogP contribution in [0.25, 0.3) is 0 Å². The molecule has 4 nitrogen and oxygen atoms in total. The van der Waals surface area contributed by atoms with Gasteiger partial charge >= 0.3 is 0 Å². The van der Waals surface area contributed by atoms with Gasteiger partial charge in [-0.15, -0.1) is 0 Å². The first-order valence-electron chi connectivity index (χ1n) is 4.92. The van der Waals surface area contributed by atoms with Gasteiger partial charge in [0.05, 0.1) is 6.04 Å². The summed E-state index contributed by atoms with van der Waals surface area (Å²) in [5.74, 6) is 0.462. The largest absolute Gasteiger partial charge is 0.309 e. The van der Waals surface area contributed by atoms with Crippen LogP contribution in [0.3, 0.4) is 0 Å². The molecule has 1 amide bonds. The maximum absolute atomic E-state index is 11.7. The molecule has 1 aliphatic heterocycles. The second-order valence-electron chi connectivity index (χ2n) is 3.48. The summed E-state index contributed by atoms with van der Waals surface area (Å²) in [6.07, 6.45) is 1.92. The Hall–Kier alpha value is -1.13. The van der Waals surface area contributed by atoms with Crippen LogP contribution in [-0.2, 0) is 4.79 Å². The first-order valence-corrected chi connectivity index (χ1v) is 5.30. The van der Waals surface area contributed by atoms with Crippen molar-refractivity contribution in [1.29, 1.82) is 0 Å². The Morgan fingerprint density at radius 2 is 2.47 bits per heavy atom. The lowest BCUT2D eigenvalue weighted by Gasteiger charge is -2.10. The molecule has 5 heteroatoms. The molecule has 2 heterocycles. The molecule has 1 aliphatic rings. The SMILES string of the molecule is O=C(Nc1cccc(Cl)n1)[C@@H]1CCCN1. The number of nitrogens with zero attached hydrogens (tertiary/aromatic N) is 1. The van der Waals surface area contributed by atoms with Crippen molar-refractivity contribution < 1.29 is 4.79 Å². The summed E-state index contributed by atoms with van der Waals surface area (Å²) in [5.41, 5.74) is 0. The number of amides is 1. The lowest BCUT2D eigenvalue weighted by Crippen LogP contribution is -2.35. The zero-order valence-corrected chi connectivity index (χ0v) is 8.92. The highest BCUT2D eigenvalue weighted by atomic mass is 35.5. The number of rotatable bonds is 2. The molecular formula is C10H12ClN3O. The molecule has 1 aromatic heterocycles. The Labute approximate surface area is 93.0 Å². The van der Waals surface area contributed by atoms with Gasteiger partial charge in [-0.05, 0) is 31.5 Å². The second-order valence-corrected chi connectivity index (χ2v) is 3.87. The fraction of sp³-hybridized carbons (Fsp3) is 0.400. The van der Waals surface area contributed by atoms with E-state index in [1.54, 1.807) is 18.2 Å². The van der Waals surface area contributed by atoms with E-state index in [-0.39, 0.29) is 11.9 Å². The maximum atomic E-state index is 11.7. The highest BCUT2D eigenvalue weighted by Gasteiger charge is 2.21. The van der Waals surface area contributed by atoms with Gasteiger partial charge in [0, 0.05) is 0 Å². The third kappa shape index (κ3) is 2.67. The third-order valence-electron chi connectivity index (χ3n) is 2.34. The molecule has 1 saturated heterocycles. The number of halogens is 1. The van der Waals surface area contributed by atoms with Gasteiger partial charge in [0.1, 0.15) is 11.0 Å². The van der Waals surface area contributed by atoms with E-state index in [0.717, 1.165) is 19.4 Å². The number of nitrogens with one attached hydrogen (secondary N) is 2. The molecule has 1 fully saturated rings. The Balaban J connectivity index is 1.99. The van der Waals surface area contributed by atoms with Gasteiger partial charge in [-0.2, -0.15) is 0 Å². The third-order valence-corrected chi connectivity index (χ3v) is 2.55. The van der Waals surface area contributed by atoms with Gasteiger partial charge < -0.3 is 10.6 Å². The molecule has 2 N–H and O–H groups in total. The van der Waals surface area contributed by atoms with Crippen molar-refractivity contribution in [2.75, 3.05) is 11.9 Å². The Kier molecular flexibility index (Phi) is 3.18. The molecule has 15 heavy (non-hydrogen) atoms. The molecule has 80 valence electrons. The van der Waals surface area contributed by atoms with E-state index >= 15 is 0 Å². The van der Waals surface area contributed by atoms with E-state index < -0.39 is 0 Å². The van der Waals surface area contributed by atoms with Gasteiger partial charge in [-0.1, -0.05) is 17.7 Å². The van der Waals surface area contributed by atoms with Gasteiger partial charge in [-0.25, -0.2) is 4.98 Å². The van der Waals surface area contributed by atoms with E-state index in [2.05, 4.69) is 15.6 Å². The van der Waals surface area contributed by atoms with E-state index in [9.17, 15) is 4.79 Å². The second kappa shape index (κ2) is 4.59. The average molecular weight is 226 g/mol. The smallest absolute Gasteiger partial charge is 0.242 e. The van der Waals surface area contributed by atoms with Crippen LogP contribution in [0.15, 0.2) is 18.2 Å². The molecule has 0 aromatic carbocycles. The van der Waals surface area contributed by atoms with Crippen LogP contribution in [0.4, 0.5) is 5.82 Å². The molecule has 0 spiro atoms. The predicted molar refractivity (Wildman–Crippen MR) is 58.9 cm³/mol. The van der Waals surface area contributed by atoms with Crippen LogP contribution in [0.5, 0.6) is 0 Å². The Morgan fingerprint density at radius 1 is 1.60 bits per heavy atom. The van der Waals surface area contributed by atoms with Crippen molar-refractivity contribution in [2.24, 2.45) is 0 Å². The van der Waals surface area contributed by atoms with Crippen molar-refractivity contribution in [2.45, 2.75) is 18.9 Å². The number of carbonyl (C=O) groups is 1. The highest BCUT2D eigenvalue weighted by Crippen LogP contribution is 2.11. The number of aromatic nitrogens is 1. The van der Waals surface area contributed by atoms with Gasteiger partial charge in [0.15, 0.2) is 0 Å². The fourth-order valence-corrected chi connectivity index (χ4v) is 1.76. The van der Waals surface area contributed by atoms with Gasteiger partial charge in [0.25, 0.3) is 0 Å². The molecular weight excluding hydrogens is 214 g/mol. The van der Waals surface area contributed by atoms with Crippen LogP contribution < -0.4 is 10.6 Å². The summed E-state index contributed by atoms with van der Waals surface area (Å²) in [6.45, 7) is 0.904. The fourth-order valence-electron chi connectivity index (χ4n) is 1.60. The monoisotopic (exact) mass is 225 g/mol. The first-order chi connectivity index (χ1) is 7.25. The lowest BCUT2D eigenvalue weighted by molar-refractivity contribution is -0.117. The molecule has 1 aromatic rings. The van der Waals surface area contributed by atoms with Crippen molar-refractivity contribution in [1.82, 2.24) is 10.3 Å². The number of hydrogen-bond donors (Lipinski definition) is 2. The van der Waals surface area contributed by atoms with E-state index in [0.29, 0.717) is 11.0 Å². The van der Waals surface area contributed by atoms with Crippen molar-refractivity contribution in [3.8, 4) is 0 Å². The Bertz CT molecular complexity index is 363. The van der Waals surface area contributed by atoms with Crippen molar-refractivity contribution >= 4 is 23.3 Å². The van der Waals surface area contributed by atoms with E-state index in [1.807, 2.05) is 0 Å². The van der Waals surface area contributed by atoms with Crippen LogP contribution in [0.2, 0.25) is 5.15 Å². The normalized spacial score (nSPS) is 20.2. The molecule has 1 atom stereocenters. The van der Waals surface area contributed by atoms with Gasteiger partial charge in [-0.3, -0.25) is 4.79 Å². The summed E-state index contributed by atoms with van der Waals surface area (Å²) in [7, 11) is 0. The van der Waals surface area contributed by atoms with Crippen molar-refractivity contribution in [3.63, 3.8) is 0 Å². The van der Waals surface area contributed by atoms with E-state index in [1.165, 1.54) is 0 Å². The van der Waals surface area contributed by atoms with Crippen LogP contribution in [0.1, 0.15) is 12.8 Å². The first kappa shape index (κ1) is 10.4. The summed E-state index contributed by atoms with van der Waals surface area (Å²) in [6, 6.07) is 5.06. The van der Waals surface area contributed by atoms with Crippen LogP contribution in [0, 0.1) is 0 Å². The summed E-state index contributed by atoms with van der Waals surface area (Å²) in [4.78, 5) is 15.7. The zero-order chi connectivity index (χ0) is 10.7. The number of pyridine rings is 1. The topological polar surface area (TPSA) is 54.0 Å². The minimum Gasteiger partial charge on any atom is -0.309 e. The molecule has 0 unspecified atom stereocenters. The molecule has 0 aliphatic carbocycles. The summed E-state index contributed by atoms with van der Waals surface area (Å²) in [5, 5.41) is 6.23. The standard InChI is InChI=1S/C10H12ClN3O/c11-8-4-1-5-9(13-8)14-10(15)7-3-2-6-12-7/h1,4-5,7,12H,2-3,6H2,(H,13,14,15)/t7-/m0/s1. The quantitative estimate of drug-likeness (QED) is 0.749. The van der Waals surface area contributed by atoms with Crippen molar-refractivity contribution in [3.05, 3.63) is 23.4 Å².